The molecule has 0 spiro atoms. The van der Waals surface area contributed by atoms with Crippen molar-refractivity contribution in [3.8, 4) is 0 Å². The highest BCUT2D eigenvalue weighted by Gasteiger charge is 2.29. The van der Waals surface area contributed by atoms with Gasteiger partial charge in [0, 0.05) is 6.42 Å². The third-order valence-electron chi connectivity index (χ3n) is 4.46. The number of amides is 1. The Kier molecular flexibility index (Phi) is 8.34. The van der Waals surface area contributed by atoms with Gasteiger partial charge in [0.2, 0.25) is 0 Å². The fourth-order valence-corrected chi connectivity index (χ4v) is 3.16. The molecule has 3 atom stereocenters. The minimum absolute atomic E-state index is 0.281. The maximum atomic E-state index is 12.1. The lowest BCUT2D eigenvalue weighted by atomic mass is 9.83. The number of carbonyl (C=O) groups is 1. The molecule has 1 fully saturated rings. The van der Waals surface area contributed by atoms with Gasteiger partial charge in [0.05, 0.1) is 18.2 Å². The average Bonchev–Trinajstić information content (AvgIpc) is 2.45. The van der Waals surface area contributed by atoms with E-state index in [1.54, 1.807) is 0 Å². The molecule has 1 aliphatic carbocycles. The van der Waals surface area contributed by atoms with Gasteiger partial charge in [-0.3, -0.25) is 0 Å². The Morgan fingerprint density at radius 1 is 1.22 bits per heavy atom. The Hall–Kier alpha value is -0.810. The first-order valence-corrected chi connectivity index (χ1v) is 9.07. The number of nitrogens with one attached hydrogen (secondary N) is 1. The van der Waals surface area contributed by atoms with Crippen LogP contribution in [-0.2, 0) is 4.74 Å². The molecule has 0 saturated heterocycles. The zero-order chi connectivity index (χ0) is 17.5. The van der Waals surface area contributed by atoms with E-state index in [0.29, 0.717) is 12.3 Å². The van der Waals surface area contributed by atoms with E-state index in [-0.39, 0.29) is 12.5 Å². The van der Waals surface area contributed by atoms with Crippen molar-refractivity contribution in [2.45, 2.75) is 103 Å². The van der Waals surface area contributed by atoms with E-state index in [9.17, 15) is 15.0 Å². The Morgan fingerprint density at radius 2 is 1.83 bits per heavy atom. The highest BCUT2D eigenvalue weighted by atomic mass is 16.6. The molecule has 23 heavy (non-hydrogen) atoms. The quantitative estimate of drug-likeness (QED) is 0.669. The summed E-state index contributed by atoms with van der Waals surface area (Å²) in [7, 11) is 0. The summed E-state index contributed by atoms with van der Waals surface area (Å²) in [6, 6.07) is -0.367. The molecular weight excluding hydrogens is 294 g/mol. The predicted octanol–water partition coefficient (Wildman–Crippen LogP) is 3.37. The van der Waals surface area contributed by atoms with E-state index < -0.39 is 23.9 Å². The van der Waals surface area contributed by atoms with E-state index in [4.69, 9.17) is 4.74 Å². The van der Waals surface area contributed by atoms with Crippen LogP contribution in [0.25, 0.3) is 0 Å². The van der Waals surface area contributed by atoms with Crippen LogP contribution in [0.1, 0.15) is 79.1 Å². The summed E-state index contributed by atoms with van der Waals surface area (Å²) in [6.45, 7) is 7.34. The molecule has 0 aromatic heterocycles. The van der Waals surface area contributed by atoms with Gasteiger partial charge in [-0.2, -0.15) is 0 Å². The van der Waals surface area contributed by atoms with Gasteiger partial charge in [0.25, 0.3) is 0 Å². The van der Waals surface area contributed by atoms with Crippen LogP contribution >= 0.6 is 0 Å². The zero-order valence-corrected chi connectivity index (χ0v) is 15.2. The third-order valence-corrected chi connectivity index (χ3v) is 4.46. The van der Waals surface area contributed by atoms with Gasteiger partial charge in [-0.25, -0.2) is 4.79 Å². The van der Waals surface area contributed by atoms with Crippen molar-refractivity contribution in [3.63, 3.8) is 0 Å². The van der Waals surface area contributed by atoms with Gasteiger partial charge in [-0.1, -0.05) is 39.0 Å². The van der Waals surface area contributed by atoms with Crippen molar-refractivity contribution in [1.82, 2.24) is 5.32 Å². The molecule has 5 heteroatoms. The highest BCUT2D eigenvalue weighted by Crippen LogP contribution is 2.28. The van der Waals surface area contributed by atoms with E-state index in [1.807, 2.05) is 27.7 Å². The fourth-order valence-electron chi connectivity index (χ4n) is 3.16. The molecule has 0 radical (unpaired) electrons. The average molecular weight is 329 g/mol. The summed E-state index contributed by atoms with van der Waals surface area (Å²) >= 11 is 0. The Balaban J connectivity index is 2.64. The molecule has 0 bridgehead atoms. The molecule has 0 aromatic carbocycles. The van der Waals surface area contributed by atoms with Crippen LogP contribution in [0.15, 0.2) is 0 Å². The van der Waals surface area contributed by atoms with Crippen LogP contribution in [0, 0.1) is 5.92 Å². The second kappa shape index (κ2) is 9.48. The van der Waals surface area contributed by atoms with Crippen LogP contribution in [0.5, 0.6) is 0 Å². The SMILES string of the molecule is CCC(O)CC(O)C(CC1CCCCC1)NC(=O)OC(C)(C)C. The van der Waals surface area contributed by atoms with E-state index >= 15 is 0 Å². The molecule has 0 heterocycles. The molecule has 0 aliphatic heterocycles. The molecule has 1 rings (SSSR count). The van der Waals surface area contributed by atoms with Crippen LogP contribution in [0.2, 0.25) is 0 Å². The minimum atomic E-state index is -0.751. The Labute approximate surface area is 140 Å². The lowest BCUT2D eigenvalue weighted by Gasteiger charge is -2.31. The second-order valence-electron chi connectivity index (χ2n) is 7.86. The van der Waals surface area contributed by atoms with E-state index in [1.165, 1.54) is 19.3 Å². The topological polar surface area (TPSA) is 78.8 Å². The Morgan fingerprint density at radius 3 is 2.35 bits per heavy atom. The Bertz CT molecular complexity index is 347. The number of carbonyl (C=O) groups excluding carboxylic acids is 1. The first kappa shape index (κ1) is 20.2. The number of rotatable bonds is 7. The molecule has 0 aromatic rings. The second-order valence-corrected chi connectivity index (χ2v) is 7.86. The number of hydrogen-bond donors (Lipinski definition) is 3. The maximum absolute atomic E-state index is 12.1. The minimum Gasteiger partial charge on any atom is -0.444 e. The molecule has 3 N–H and O–H groups in total. The predicted molar refractivity (Wildman–Crippen MR) is 91.3 cm³/mol. The van der Waals surface area contributed by atoms with Crippen LogP contribution < -0.4 is 5.32 Å². The standard InChI is InChI=1S/C18H35NO4/c1-5-14(20)12-16(21)15(11-13-9-7-6-8-10-13)19-17(22)23-18(2,3)4/h13-16,20-21H,5-12H2,1-4H3,(H,19,22). The largest absolute Gasteiger partial charge is 0.444 e. The van der Waals surface area contributed by atoms with Crippen molar-refractivity contribution in [2.75, 3.05) is 0 Å². The molecule has 3 unspecified atom stereocenters. The summed E-state index contributed by atoms with van der Waals surface area (Å²) in [5.74, 6) is 0.525. The molecule has 1 aliphatic rings. The highest BCUT2D eigenvalue weighted by molar-refractivity contribution is 5.68. The summed E-state index contributed by atoms with van der Waals surface area (Å²) in [5.41, 5.74) is -0.562. The lowest BCUT2D eigenvalue weighted by Crippen LogP contribution is -2.47. The summed E-state index contributed by atoms with van der Waals surface area (Å²) in [6.07, 6.45) is 5.85. The number of hydrogen-bond acceptors (Lipinski definition) is 4. The number of aliphatic hydroxyl groups excluding tert-OH is 2. The van der Waals surface area contributed by atoms with Crippen molar-refractivity contribution in [3.05, 3.63) is 0 Å². The fraction of sp³-hybridized carbons (Fsp3) is 0.944. The van der Waals surface area contributed by atoms with Gasteiger partial charge in [0.1, 0.15) is 5.60 Å². The smallest absolute Gasteiger partial charge is 0.407 e. The normalized spacial score (nSPS) is 20.6. The number of ether oxygens (including phenoxy) is 1. The number of alkyl carbamates (subject to hydrolysis) is 1. The van der Waals surface area contributed by atoms with Gasteiger partial charge in [0.15, 0.2) is 0 Å². The zero-order valence-electron chi connectivity index (χ0n) is 15.2. The van der Waals surface area contributed by atoms with Gasteiger partial charge in [-0.05, 0) is 39.5 Å². The van der Waals surface area contributed by atoms with Crippen molar-refractivity contribution in [2.24, 2.45) is 5.92 Å². The monoisotopic (exact) mass is 329 g/mol. The maximum Gasteiger partial charge on any atom is 0.407 e. The third kappa shape index (κ3) is 8.56. The summed E-state index contributed by atoms with van der Waals surface area (Å²) < 4.78 is 5.32. The number of aliphatic hydroxyl groups is 2. The summed E-state index contributed by atoms with van der Waals surface area (Å²) in [4.78, 5) is 12.1. The molecular formula is C18H35NO4. The van der Waals surface area contributed by atoms with Gasteiger partial charge in [-0.15, -0.1) is 0 Å². The van der Waals surface area contributed by atoms with Crippen LogP contribution in [0.4, 0.5) is 4.79 Å². The first-order chi connectivity index (χ1) is 10.7. The first-order valence-electron chi connectivity index (χ1n) is 9.07. The van der Waals surface area contributed by atoms with E-state index in [2.05, 4.69) is 5.32 Å². The molecule has 1 saturated carbocycles. The molecule has 5 nitrogen and oxygen atoms in total. The molecule has 1 amide bonds. The van der Waals surface area contributed by atoms with Crippen molar-refractivity contribution >= 4 is 6.09 Å². The van der Waals surface area contributed by atoms with Crippen LogP contribution in [-0.4, -0.2) is 40.2 Å². The van der Waals surface area contributed by atoms with E-state index in [0.717, 1.165) is 19.3 Å². The van der Waals surface area contributed by atoms with Crippen molar-refractivity contribution in [1.29, 1.82) is 0 Å². The van der Waals surface area contributed by atoms with Crippen LogP contribution in [0.3, 0.4) is 0 Å². The lowest BCUT2D eigenvalue weighted by molar-refractivity contribution is 0.0252. The van der Waals surface area contributed by atoms with Gasteiger partial charge < -0.3 is 20.3 Å². The molecule has 136 valence electrons. The van der Waals surface area contributed by atoms with Crippen molar-refractivity contribution < 1.29 is 19.7 Å². The summed E-state index contributed by atoms with van der Waals surface area (Å²) in [5, 5.41) is 23.1. The van der Waals surface area contributed by atoms with Gasteiger partial charge >= 0.3 is 6.09 Å².